The van der Waals surface area contributed by atoms with Gasteiger partial charge in [0, 0.05) is 58.5 Å². The molecule has 2 aliphatic heterocycles. The number of halogens is 6. The van der Waals surface area contributed by atoms with E-state index in [-0.39, 0.29) is 61.4 Å². The van der Waals surface area contributed by atoms with Gasteiger partial charge in [-0.25, -0.2) is 8.78 Å². The second-order valence-corrected chi connectivity index (χ2v) is 13.6. The molecule has 0 saturated heterocycles. The lowest BCUT2D eigenvalue weighted by atomic mass is 9.99. The zero-order chi connectivity index (χ0) is 38.8. The summed E-state index contributed by atoms with van der Waals surface area (Å²) in [6, 6.07) is 23.6. The Morgan fingerprint density at radius 1 is 0.571 bits per heavy atom. The molecular weight excluding hydrogens is 800 g/mol. The van der Waals surface area contributed by atoms with Crippen LogP contribution in [0.5, 0.6) is 0 Å². The molecule has 2 amide bonds. The van der Waals surface area contributed by atoms with E-state index in [1.165, 1.54) is 12.1 Å². The van der Waals surface area contributed by atoms with Gasteiger partial charge < -0.3 is 19.6 Å². The van der Waals surface area contributed by atoms with E-state index in [1.54, 1.807) is 70.5 Å². The van der Waals surface area contributed by atoms with E-state index < -0.39 is 0 Å². The van der Waals surface area contributed by atoms with E-state index in [0.717, 1.165) is 50.6 Å². The van der Waals surface area contributed by atoms with Crippen molar-refractivity contribution in [3.8, 4) is 0 Å². The van der Waals surface area contributed by atoms with Crippen molar-refractivity contribution in [2.24, 2.45) is 9.98 Å². The van der Waals surface area contributed by atoms with Gasteiger partial charge >= 0.3 is 0 Å². The molecule has 0 aromatic heterocycles. The van der Waals surface area contributed by atoms with Crippen LogP contribution in [0, 0.1) is 11.6 Å². The SMILES string of the molecule is CCN(CC)CCN1C(=O)CN=C(c2ccccc2F)c2cc(Cl)ccc21.CCN(CC)CCN1C(=O)CN=C(c2ccccc2F)c2cc(Cl)ccc21.Cl.Cl. The molecule has 0 unspecified atom stereocenters. The van der Waals surface area contributed by atoms with Gasteiger partial charge in [0.1, 0.15) is 24.7 Å². The highest BCUT2D eigenvalue weighted by atomic mass is 35.5. The number of carbonyl (C=O) groups excluding carboxylic acids is 2. The lowest BCUT2D eigenvalue weighted by molar-refractivity contribution is -0.118. The topological polar surface area (TPSA) is 71.8 Å². The average Bonchev–Trinajstić information content (AvgIpc) is 3.39. The van der Waals surface area contributed by atoms with E-state index in [0.29, 0.717) is 56.8 Å². The fourth-order valence-electron chi connectivity index (χ4n) is 6.59. The number of amides is 2. The molecule has 0 radical (unpaired) electrons. The largest absolute Gasteiger partial charge is 0.309 e. The summed E-state index contributed by atoms with van der Waals surface area (Å²) in [7, 11) is 0. The van der Waals surface area contributed by atoms with E-state index in [4.69, 9.17) is 23.2 Å². The van der Waals surface area contributed by atoms with Crippen LogP contribution in [0.2, 0.25) is 10.0 Å². The summed E-state index contributed by atoms with van der Waals surface area (Å²) in [5.74, 6) is -0.938. The minimum Gasteiger partial charge on any atom is -0.309 e. The molecule has 300 valence electrons. The highest BCUT2D eigenvalue weighted by molar-refractivity contribution is 6.32. The van der Waals surface area contributed by atoms with Crippen molar-refractivity contribution in [2.45, 2.75) is 27.7 Å². The average molecular weight is 849 g/mol. The number of benzodiazepines with no additional fused rings is 2. The summed E-state index contributed by atoms with van der Waals surface area (Å²) in [4.78, 5) is 42.5. The molecule has 0 atom stereocenters. The van der Waals surface area contributed by atoms with Crippen LogP contribution < -0.4 is 9.80 Å². The van der Waals surface area contributed by atoms with E-state index in [9.17, 15) is 18.4 Å². The number of fused-ring (bicyclic) bond motifs is 2. The quantitative estimate of drug-likeness (QED) is 0.143. The molecule has 8 nitrogen and oxygen atoms in total. The van der Waals surface area contributed by atoms with Crippen molar-refractivity contribution in [1.29, 1.82) is 0 Å². The second kappa shape index (κ2) is 22.1. The number of carbonyl (C=O) groups is 2. The van der Waals surface area contributed by atoms with Crippen molar-refractivity contribution in [1.82, 2.24) is 9.80 Å². The lowest BCUT2D eigenvalue weighted by Gasteiger charge is -2.27. The molecule has 4 aromatic rings. The van der Waals surface area contributed by atoms with Gasteiger partial charge in [0.15, 0.2) is 0 Å². The van der Waals surface area contributed by atoms with Crippen molar-refractivity contribution in [2.75, 3.05) is 75.2 Å². The molecule has 0 spiro atoms. The van der Waals surface area contributed by atoms with Crippen LogP contribution in [-0.4, -0.2) is 98.5 Å². The number of benzene rings is 4. The first-order chi connectivity index (χ1) is 26.1. The summed E-state index contributed by atoms with van der Waals surface area (Å²) < 4.78 is 28.8. The van der Waals surface area contributed by atoms with Gasteiger partial charge in [-0.3, -0.25) is 19.6 Å². The molecule has 0 aliphatic carbocycles. The molecule has 56 heavy (non-hydrogen) atoms. The van der Waals surface area contributed by atoms with Gasteiger partial charge in [0.25, 0.3) is 0 Å². The number of hydrogen-bond acceptors (Lipinski definition) is 6. The van der Waals surface area contributed by atoms with Crippen molar-refractivity contribution in [3.63, 3.8) is 0 Å². The molecule has 0 N–H and O–H groups in total. The standard InChI is InChI=1S/2C21H23ClFN3O.2ClH/c2*1-3-25(4-2)11-12-26-19-10-9-15(22)13-17(19)21(24-14-20(26)27)16-7-5-6-8-18(16)23;;/h2*5-10,13H,3-4,11-12,14H2,1-2H3;2*1H. The number of anilines is 2. The third kappa shape index (κ3) is 11.1. The molecule has 0 bridgehead atoms. The van der Waals surface area contributed by atoms with Crippen LogP contribution in [0.1, 0.15) is 49.9 Å². The number of hydrogen-bond donors (Lipinski definition) is 0. The maximum Gasteiger partial charge on any atom is 0.248 e. The Morgan fingerprint density at radius 2 is 0.929 bits per heavy atom. The third-order valence-corrected chi connectivity index (χ3v) is 10.2. The first-order valence-electron chi connectivity index (χ1n) is 18.3. The van der Waals surface area contributed by atoms with Gasteiger partial charge in [0.05, 0.1) is 22.8 Å². The predicted octanol–water partition coefficient (Wildman–Crippen LogP) is 8.85. The molecule has 0 fully saturated rings. The van der Waals surface area contributed by atoms with Crippen LogP contribution in [0.3, 0.4) is 0 Å². The maximum absolute atomic E-state index is 14.4. The Bertz CT molecular complexity index is 1880. The molecule has 4 aromatic carbocycles. The van der Waals surface area contributed by atoms with Gasteiger partial charge in [-0.05, 0) is 86.8 Å². The van der Waals surface area contributed by atoms with Gasteiger partial charge in [-0.15, -0.1) is 24.8 Å². The first-order valence-corrected chi connectivity index (χ1v) is 19.1. The summed E-state index contributed by atoms with van der Waals surface area (Å²) in [5.41, 5.74) is 4.47. The fraction of sp³-hybridized carbons (Fsp3) is 0.333. The summed E-state index contributed by atoms with van der Waals surface area (Å²) >= 11 is 12.4. The van der Waals surface area contributed by atoms with Crippen LogP contribution in [-0.2, 0) is 9.59 Å². The van der Waals surface area contributed by atoms with Crippen LogP contribution in [0.4, 0.5) is 20.2 Å². The van der Waals surface area contributed by atoms with Crippen LogP contribution >= 0.6 is 48.0 Å². The van der Waals surface area contributed by atoms with E-state index in [1.807, 2.05) is 12.1 Å². The molecule has 14 heteroatoms. The Kier molecular flexibility index (Phi) is 18.4. The number of aliphatic imine (C=N–C) groups is 2. The monoisotopic (exact) mass is 846 g/mol. The van der Waals surface area contributed by atoms with Gasteiger partial charge in [0.2, 0.25) is 11.8 Å². The molecular formula is C42H48Cl4F2N6O2. The van der Waals surface area contributed by atoms with Gasteiger partial charge in [-0.1, -0.05) is 75.2 Å². The molecule has 2 heterocycles. The lowest BCUT2D eigenvalue weighted by Crippen LogP contribution is -2.39. The number of likely N-dealkylation sites (N-methyl/N-ethyl adjacent to an activating group) is 2. The predicted molar refractivity (Wildman–Crippen MR) is 231 cm³/mol. The molecule has 2 aliphatic rings. The zero-order valence-electron chi connectivity index (χ0n) is 32.0. The Balaban J connectivity index is 0.000000290. The molecule has 0 saturated carbocycles. The summed E-state index contributed by atoms with van der Waals surface area (Å²) in [6.45, 7) is 14.7. The second-order valence-electron chi connectivity index (χ2n) is 12.8. The first kappa shape index (κ1) is 46.5. The Labute approximate surface area is 351 Å². The highest BCUT2D eigenvalue weighted by Crippen LogP contribution is 2.32. The Morgan fingerprint density at radius 3 is 1.27 bits per heavy atom. The van der Waals surface area contributed by atoms with E-state index >= 15 is 0 Å². The zero-order valence-corrected chi connectivity index (χ0v) is 35.1. The third-order valence-electron chi connectivity index (χ3n) is 9.68. The van der Waals surface area contributed by atoms with Crippen molar-refractivity contribution >= 4 is 82.6 Å². The van der Waals surface area contributed by atoms with Gasteiger partial charge in [-0.2, -0.15) is 0 Å². The minimum atomic E-state index is -0.369. The fourth-order valence-corrected chi connectivity index (χ4v) is 6.93. The van der Waals surface area contributed by atoms with E-state index in [2.05, 4.69) is 47.5 Å². The summed E-state index contributed by atoms with van der Waals surface area (Å²) in [5, 5.41) is 1.05. The Hall–Kier alpha value is -3.90. The molecule has 6 rings (SSSR count). The minimum absolute atomic E-state index is 0. The number of rotatable bonds is 12. The van der Waals surface area contributed by atoms with Crippen molar-refractivity contribution < 1.29 is 18.4 Å². The normalized spacial score (nSPS) is 13.7. The maximum atomic E-state index is 14.4. The highest BCUT2D eigenvalue weighted by Gasteiger charge is 2.28. The van der Waals surface area contributed by atoms with Crippen LogP contribution in [0.25, 0.3) is 0 Å². The van der Waals surface area contributed by atoms with Crippen LogP contribution in [0.15, 0.2) is 94.9 Å². The number of nitrogens with zero attached hydrogens (tertiary/aromatic N) is 6. The summed E-state index contributed by atoms with van der Waals surface area (Å²) in [6.07, 6.45) is 0. The van der Waals surface area contributed by atoms with Crippen molar-refractivity contribution in [3.05, 3.63) is 129 Å². The smallest absolute Gasteiger partial charge is 0.248 e.